The maximum atomic E-state index is 13.5. The molecule has 1 atom stereocenters. The van der Waals surface area contributed by atoms with Crippen molar-refractivity contribution in [1.29, 1.82) is 0 Å². The monoisotopic (exact) mass is 369 g/mol. The molecule has 0 bridgehead atoms. The fraction of sp³-hybridized carbons (Fsp3) is 0.176. The summed E-state index contributed by atoms with van der Waals surface area (Å²) in [5, 5.41) is 3.03. The zero-order valence-corrected chi connectivity index (χ0v) is 14.2. The van der Waals surface area contributed by atoms with Crippen LogP contribution in [0, 0.1) is 5.82 Å². The largest absolute Gasteiger partial charge is 0.452 e. The molecule has 7 heteroatoms. The van der Waals surface area contributed by atoms with Crippen LogP contribution in [-0.2, 0) is 20.7 Å². The average Bonchev–Trinajstić information content (AvgIpc) is 2.53. The molecule has 0 aliphatic rings. The van der Waals surface area contributed by atoms with E-state index in [1.807, 2.05) is 0 Å². The Bertz CT molecular complexity index is 747. The number of para-hydroxylation sites is 1. The van der Waals surface area contributed by atoms with Gasteiger partial charge in [0.25, 0.3) is 5.91 Å². The second kappa shape index (κ2) is 8.13. The summed E-state index contributed by atoms with van der Waals surface area (Å²) >= 11 is 11.9. The molecule has 0 radical (unpaired) electrons. The van der Waals surface area contributed by atoms with Crippen molar-refractivity contribution in [1.82, 2.24) is 0 Å². The van der Waals surface area contributed by atoms with Gasteiger partial charge >= 0.3 is 5.97 Å². The summed E-state index contributed by atoms with van der Waals surface area (Å²) in [5.74, 6) is -1.81. The average molecular weight is 370 g/mol. The quantitative estimate of drug-likeness (QED) is 0.801. The highest BCUT2D eigenvalue weighted by molar-refractivity contribution is 6.39. The summed E-state index contributed by atoms with van der Waals surface area (Å²) in [5.41, 5.74) is 0.437. The maximum Gasteiger partial charge on any atom is 0.311 e. The van der Waals surface area contributed by atoms with Crippen molar-refractivity contribution in [2.75, 3.05) is 5.32 Å². The molecule has 4 nitrogen and oxygen atoms in total. The van der Waals surface area contributed by atoms with E-state index in [1.165, 1.54) is 25.1 Å². The van der Waals surface area contributed by atoms with E-state index in [4.69, 9.17) is 27.9 Å². The van der Waals surface area contributed by atoms with Gasteiger partial charge in [0.05, 0.1) is 22.2 Å². The number of anilines is 1. The van der Waals surface area contributed by atoms with Gasteiger partial charge in [0, 0.05) is 0 Å². The van der Waals surface area contributed by atoms with Crippen LogP contribution in [-0.4, -0.2) is 18.0 Å². The fourth-order valence-corrected chi connectivity index (χ4v) is 2.42. The number of ether oxygens (including phenoxy) is 1. The molecule has 126 valence electrons. The van der Waals surface area contributed by atoms with Crippen molar-refractivity contribution >= 4 is 40.8 Å². The Hall–Kier alpha value is -2.11. The Morgan fingerprint density at radius 3 is 2.38 bits per heavy atom. The minimum atomic E-state index is -1.09. The van der Waals surface area contributed by atoms with Gasteiger partial charge in [0.1, 0.15) is 5.82 Å². The SMILES string of the molecule is C[C@H](OC(=O)Cc1ccccc1F)C(=O)Nc1c(Cl)cccc1Cl. The van der Waals surface area contributed by atoms with Crippen LogP contribution in [0.3, 0.4) is 0 Å². The third-order valence-corrected chi connectivity index (χ3v) is 3.81. The Morgan fingerprint density at radius 2 is 1.75 bits per heavy atom. The van der Waals surface area contributed by atoms with E-state index in [0.717, 1.165) is 0 Å². The first-order valence-corrected chi connectivity index (χ1v) is 7.82. The predicted molar refractivity (Wildman–Crippen MR) is 90.7 cm³/mol. The van der Waals surface area contributed by atoms with Gasteiger partial charge in [-0.1, -0.05) is 47.5 Å². The van der Waals surface area contributed by atoms with Gasteiger partial charge in [0.15, 0.2) is 6.10 Å². The van der Waals surface area contributed by atoms with Gasteiger partial charge < -0.3 is 10.1 Å². The lowest BCUT2D eigenvalue weighted by molar-refractivity contribution is -0.152. The molecule has 2 aromatic rings. The second-order valence-electron chi connectivity index (χ2n) is 4.99. The Balaban J connectivity index is 1.96. The van der Waals surface area contributed by atoms with Gasteiger partial charge in [-0.15, -0.1) is 0 Å². The minimum Gasteiger partial charge on any atom is -0.452 e. The molecule has 2 aromatic carbocycles. The summed E-state index contributed by atoms with van der Waals surface area (Å²) in [6.45, 7) is 1.40. The summed E-state index contributed by atoms with van der Waals surface area (Å²) in [7, 11) is 0. The molecule has 0 unspecified atom stereocenters. The summed E-state index contributed by atoms with van der Waals surface area (Å²) in [4.78, 5) is 23.9. The van der Waals surface area contributed by atoms with Crippen LogP contribution in [0.4, 0.5) is 10.1 Å². The van der Waals surface area contributed by atoms with Crippen molar-refractivity contribution in [3.05, 3.63) is 63.9 Å². The minimum absolute atomic E-state index is 0.198. The maximum absolute atomic E-state index is 13.5. The van der Waals surface area contributed by atoms with Crippen LogP contribution in [0.15, 0.2) is 42.5 Å². The normalized spacial score (nSPS) is 11.7. The van der Waals surface area contributed by atoms with E-state index in [2.05, 4.69) is 5.32 Å². The third kappa shape index (κ3) is 4.69. The molecular weight excluding hydrogens is 356 g/mol. The van der Waals surface area contributed by atoms with Crippen molar-refractivity contribution in [2.45, 2.75) is 19.4 Å². The third-order valence-electron chi connectivity index (χ3n) is 3.18. The van der Waals surface area contributed by atoms with E-state index in [-0.39, 0.29) is 27.7 Å². The lowest BCUT2D eigenvalue weighted by Gasteiger charge is -2.15. The summed E-state index contributed by atoms with van der Waals surface area (Å²) < 4.78 is 18.5. The van der Waals surface area contributed by atoms with Crippen LogP contribution in [0.5, 0.6) is 0 Å². The number of esters is 1. The number of amides is 1. The number of carbonyl (C=O) groups is 2. The molecule has 24 heavy (non-hydrogen) atoms. The van der Waals surface area contributed by atoms with Crippen LogP contribution in [0.1, 0.15) is 12.5 Å². The number of nitrogens with one attached hydrogen (secondary N) is 1. The number of benzene rings is 2. The van der Waals surface area contributed by atoms with E-state index in [0.29, 0.717) is 0 Å². The molecule has 2 rings (SSSR count). The van der Waals surface area contributed by atoms with E-state index < -0.39 is 23.8 Å². The van der Waals surface area contributed by atoms with Crippen LogP contribution in [0.25, 0.3) is 0 Å². The van der Waals surface area contributed by atoms with Crippen molar-refractivity contribution in [3.8, 4) is 0 Å². The van der Waals surface area contributed by atoms with Gasteiger partial charge in [-0.2, -0.15) is 0 Å². The molecule has 0 fully saturated rings. The van der Waals surface area contributed by atoms with Crippen molar-refractivity contribution in [3.63, 3.8) is 0 Å². The lowest BCUT2D eigenvalue weighted by Crippen LogP contribution is -2.30. The molecule has 0 aromatic heterocycles. The molecule has 1 amide bonds. The topological polar surface area (TPSA) is 55.4 Å². The standard InChI is InChI=1S/C17H14Cl2FNO3/c1-10(17(23)21-16-12(18)6-4-7-13(16)19)24-15(22)9-11-5-2-3-8-14(11)20/h2-8,10H,9H2,1H3,(H,21,23)/t10-/m0/s1. The molecular formula is C17H14Cl2FNO3. The van der Waals surface area contributed by atoms with Crippen LogP contribution >= 0.6 is 23.2 Å². The highest BCUT2D eigenvalue weighted by Gasteiger charge is 2.20. The fourth-order valence-electron chi connectivity index (χ4n) is 1.93. The van der Waals surface area contributed by atoms with Crippen LogP contribution in [0.2, 0.25) is 10.0 Å². The van der Waals surface area contributed by atoms with Gasteiger partial charge in [-0.25, -0.2) is 4.39 Å². The number of rotatable bonds is 5. The summed E-state index contributed by atoms with van der Waals surface area (Å²) in [6, 6.07) is 10.6. The lowest BCUT2D eigenvalue weighted by atomic mass is 10.1. The zero-order valence-electron chi connectivity index (χ0n) is 12.7. The van der Waals surface area contributed by atoms with Gasteiger partial charge in [-0.3, -0.25) is 9.59 Å². The molecule has 0 heterocycles. The number of carbonyl (C=O) groups excluding carboxylic acids is 2. The Morgan fingerprint density at radius 1 is 1.12 bits per heavy atom. The molecule has 0 spiro atoms. The van der Waals surface area contributed by atoms with Gasteiger partial charge in [0.2, 0.25) is 0 Å². The summed E-state index contributed by atoms with van der Waals surface area (Å²) in [6.07, 6.45) is -1.35. The first-order chi connectivity index (χ1) is 11.4. The predicted octanol–water partition coefficient (Wildman–Crippen LogP) is 4.25. The van der Waals surface area contributed by atoms with Crippen LogP contribution < -0.4 is 5.32 Å². The first kappa shape index (κ1) is 18.2. The van der Waals surface area contributed by atoms with Gasteiger partial charge in [-0.05, 0) is 30.7 Å². The van der Waals surface area contributed by atoms with E-state index >= 15 is 0 Å². The van der Waals surface area contributed by atoms with Crippen molar-refractivity contribution in [2.24, 2.45) is 0 Å². The zero-order chi connectivity index (χ0) is 17.7. The number of halogens is 3. The second-order valence-corrected chi connectivity index (χ2v) is 5.80. The molecule has 1 N–H and O–H groups in total. The molecule has 0 saturated carbocycles. The number of hydrogen-bond acceptors (Lipinski definition) is 3. The number of hydrogen-bond donors (Lipinski definition) is 1. The highest BCUT2D eigenvalue weighted by Crippen LogP contribution is 2.29. The molecule has 0 aliphatic heterocycles. The van der Waals surface area contributed by atoms with E-state index in [1.54, 1.807) is 24.3 Å². The smallest absolute Gasteiger partial charge is 0.311 e. The van der Waals surface area contributed by atoms with E-state index in [9.17, 15) is 14.0 Å². The highest BCUT2D eigenvalue weighted by atomic mass is 35.5. The molecule has 0 saturated heterocycles. The Kier molecular flexibility index (Phi) is 6.17. The molecule has 0 aliphatic carbocycles. The first-order valence-electron chi connectivity index (χ1n) is 7.06. The Labute approximate surface area is 148 Å². The van der Waals surface area contributed by atoms with Crippen molar-refractivity contribution < 1.29 is 18.7 Å².